The van der Waals surface area contributed by atoms with E-state index in [0.717, 1.165) is 11.8 Å². The standard InChI is InChI=1S/C14H25NO/c1-2-7-14(6-1)16-15-13-5-3-4-12(10-13)11-8-9-11/h11-15H,1-10H2. The van der Waals surface area contributed by atoms with Gasteiger partial charge in [-0.25, -0.2) is 0 Å². The molecule has 0 aromatic carbocycles. The molecule has 0 saturated heterocycles. The second-order valence-electron chi connectivity index (χ2n) is 6.10. The number of rotatable bonds is 4. The molecule has 2 heteroatoms. The minimum atomic E-state index is 0.515. The predicted octanol–water partition coefficient (Wildman–Crippen LogP) is 3.42. The number of hydrogen-bond acceptors (Lipinski definition) is 2. The third kappa shape index (κ3) is 2.78. The molecule has 0 heterocycles. The van der Waals surface area contributed by atoms with Crippen LogP contribution in [0.15, 0.2) is 0 Å². The van der Waals surface area contributed by atoms with Gasteiger partial charge in [-0.3, -0.25) is 4.84 Å². The Labute approximate surface area is 99.1 Å². The van der Waals surface area contributed by atoms with Gasteiger partial charge in [0.25, 0.3) is 0 Å². The van der Waals surface area contributed by atoms with Crippen LogP contribution in [0.3, 0.4) is 0 Å². The number of hydrogen-bond donors (Lipinski definition) is 1. The molecule has 0 radical (unpaired) electrons. The molecule has 3 aliphatic rings. The lowest BCUT2D eigenvalue weighted by atomic mass is 9.83. The molecule has 2 unspecified atom stereocenters. The Bertz CT molecular complexity index is 221. The largest absolute Gasteiger partial charge is 0.298 e. The van der Waals surface area contributed by atoms with Crippen molar-refractivity contribution in [1.29, 1.82) is 0 Å². The monoisotopic (exact) mass is 223 g/mol. The number of hydroxylamine groups is 1. The molecule has 16 heavy (non-hydrogen) atoms. The zero-order valence-electron chi connectivity index (χ0n) is 10.3. The summed E-state index contributed by atoms with van der Waals surface area (Å²) in [7, 11) is 0. The summed E-state index contributed by atoms with van der Waals surface area (Å²) in [6, 6.07) is 0.653. The van der Waals surface area contributed by atoms with E-state index >= 15 is 0 Å². The van der Waals surface area contributed by atoms with Gasteiger partial charge in [0, 0.05) is 6.04 Å². The quantitative estimate of drug-likeness (QED) is 0.737. The molecule has 2 atom stereocenters. The van der Waals surface area contributed by atoms with Crippen molar-refractivity contribution in [3.05, 3.63) is 0 Å². The van der Waals surface area contributed by atoms with Gasteiger partial charge < -0.3 is 0 Å². The Morgan fingerprint density at radius 3 is 2.31 bits per heavy atom. The first-order chi connectivity index (χ1) is 7.92. The molecular formula is C14H25NO. The fourth-order valence-corrected chi connectivity index (χ4v) is 3.53. The SMILES string of the molecule is C1CCC(ONC2CCCC(C3CC3)C2)C1. The van der Waals surface area contributed by atoms with Gasteiger partial charge in [-0.15, -0.1) is 0 Å². The molecule has 0 spiro atoms. The fraction of sp³-hybridized carbons (Fsp3) is 1.00. The van der Waals surface area contributed by atoms with Crippen molar-refractivity contribution in [3.63, 3.8) is 0 Å². The highest BCUT2D eigenvalue weighted by Crippen LogP contribution is 2.43. The van der Waals surface area contributed by atoms with Gasteiger partial charge >= 0.3 is 0 Å². The molecule has 3 saturated carbocycles. The molecule has 92 valence electrons. The van der Waals surface area contributed by atoms with Crippen molar-refractivity contribution in [2.45, 2.75) is 76.4 Å². The molecule has 3 aliphatic carbocycles. The van der Waals surface area contributed by atoms with Crippen molar-refractivity contribution in [1.82, 2.24) is 5.48 Å². The van der Waals surface area contributed by atoms with E-state index in [1.54, 1.807) is 0 Å². The summed E-state index contributed by atoms with van der Waals surface area (Å²) in [6.07, 6.45) is 14.4. The Morgan fingerprint density at radius 2 is 1.56 bits per heavy atom. The van der Waals surface area contributed by atoms with Crippen LogP contribution in [0.25, 0.3) is 0 Å². The van der Waals surface area contributed by atoms with Crippen LogP contribution in [-0.4, -0.2) is 12.1 Å². The first-order valence-corrected chi connectivity index (χ1v) is 7.33. The van der Waals surface area contributed by atoms with Crippen molar-refractivity contribution in [2.75, 3.05) is 0 Å². The molecule has 0 bridgehead atoms. The fourth-order valence-electron chi connectivity index (χ4n) is 3.53. The first-order valence-electron chi connectivity index (χ1n) is 7.33. The highest BCUT2D eigenvalue weighted by molar-refractivity contribution is 4.87. The van der Waals surface area contributed by atoms with Gasteiger partial charge in [-0.05, 0) is 50.4 Å². The summed E-state index contributed by atoms with van der Waals surface area (Å²) in [4.78, 5) is 5.84. The highest BCUT2D eigenvalue weighted by Gasteiger charge is 2.34. The molecule has 3 rings (SSSR count). The van der Waals surface area contributed by atoms with Crippen LogP contribution >= 0.6 is 0 Å². The van der Waals surface area contributed by atoms with Crippen LogP contribution in [0.5, 0.6) is 0 Å². The van der Waals surface area contributed by atoms with Gasteiger partial charge in [0.2, 0.25) is 0 Å². The predicted molar refractivity (Wildman–Crippen MR) is 64.9 cm³/mol. The van der Waals surface area contributed by atoms with Crippen molar-refractivity contribution in [3.8, 4) is 0 Å². The van der Waals surface area contributed by atoms with Gasteiger partial charge in [-0.2, -0.15) is 5.48 Å². The van der Waals surface area contributed by atoms with E-state index in [2.05, 4.69) is 5.48 Å². The second kappa shape index (κ2) is 5.05. The number of nitrogens with one attached hydrogen (secondary N) is 1. The van der Waals surface area contributed by atoms with Crippen LogP contribution < -0.4 is 5.48 Å². The van der Waals surface area contributed by atoms with Gasteiger partial charge in [0.05, 0.1) is 6.10 Å². The van der Waals surface area contributed by atoms with Crippen molar-refractivity contribution < 1.29 is 4.84 Å². The maximum atomic E-state index is 5.84. The molecule has 0 aromatic heterocycles. The van der Waals surface area contributed by atoms with Crippen molar-refractivity contribution >= 4 is 0 Å². The minimum absolute atomic E-state index is 0.515. The van der Waals surface area contributed by atoms with Crippen LogP contribution in [0, 0.1) is 11.8 Å². The van der Waals surface area contributed by atoms with Crippen LogP contribution in [0.1, 0.15) is 64.2 Å². The van der Waals surface area contributed by atoms with E-state index in [1.807, 2.05) is 0 Å². The zero-order valence-corrected chi connectivity index (χ0v) is 10.3. The Kier molecular flexibility index (Phi) is 3.49. The van der Waals surface area contributed by atoms with Crippen LogP contribution in [0.2, 0.25) is 0 Å². The molecule has 0 amide bonds. The molecular weight excluding hydrogens is 198 g/mol. The normalized spacial score (nSPS) is 36.8. The topological polar surface area (TPSA) is 21.3 Å². The summed E-state index contributed by atoms with van der Waals surface area (Å²) in [5.74, 6) is 2.09. The molecule has 2 nitrogen and oxygen atoms in total. The Morgan fingerprint density at radius 1 is 0.750 bits per heavy atom. The summed E-state index contributed by atoms with van der Waals surface area (Å²) < 4.78 is 0. The van der Waals surface area contributed by atoms with Gasteiger partial charge in [0.1, 0.15) is 0 Å². The maximum Gasteiger partial charge on any atom is 0.0790 e. The molecule has 0 aromatic rings. The first kappa shape index (κ1) is 11.0. The van der Waals surface area contributed by atoms with Crippen LogP contribution in [0.4, 0.5) is 0 Å². The van der Waals surface area contributed by atoms with E-state index in [-0.39, 0.29) is 0 Å². The van der Waals surface area contributed by atoms with E-state index in [0.29, 0.717) is 12.1 Å². The third-order valence-corrected chi connectivity index (χ3v) is 4.71. The highest BCUT2D eigenvalue weighted by atomic mass is 16.7. The van der Waals surface area contributed by atoms with Crippen molar-refractivity contribution in [2.24, 2.45) is 11.8 Å². The average molecular weight is 223 g/mol. The third-order valence-electron chi connectivity index (χ3n) is 4.71. The second-order valence-corrected chi connectivity index (χ2v) is 6.10. The molecule has 0 aliphatic heterocycles. The van der Waals surface area contributed by atoms with Crippen LogP contribution in [-0.2, 0) is 4.84 Å². The summed E-state index contributed by atoms with van der Waals surface area (Å²) in [5.41, 5.74) is 3.38. The zero-order chi connectivity index (χ0) is 10.8. The maximum absolute atomic E-state index is 5.84. The smallest absolute Gasteiger partial charge is 0.0790 e. The average Bonchev–Trinajstić information content (AvgIpc) is 3.05. The summed E-state index contributed by atoms with van der Waals surface area (Å²) in [6.45, 7) is 0. The lowest BCUT2D eigenvalue weighted by Crippen LogP contribution is -2.36. The minimum Gasteiger partial charge on any atom is -0.298 e. The summed E-state index contributed by atoms with van der Waals surface area (Å²) >= 11 is 0. The summed E-state index contributed by atoms with van der Waals surface area (Å²) in [5, 5.41) is 0. The van der Waals surface area contributed by atoms with E-state index in [1.165, 1.54) is 64.2 Å². The molecule has 1 N–H and O–H groups in total. The Hall–Kier alpha value is -0.0800. The van der Waals surface area contributed by atoms with E-state index < -0.39 is 0 Å². The lowest BCUT2D eigenvalue weighted by Gasteiger charge is -2.30. The van der Waals surface area contributed by atoms with Gasteiger partial charge in [0.15, 0.2) is 0 Å². The lowest BCUT2D eigenvalue weighted by molar-refractivity contribution is -0.0505. The van der Waals surface area contributed by atoms with Gasteiger partial charge in [-0.1, -0.05) is 25.7 Å². The van der Waals surface area contributed by atoms with E-state index in [4.69, 9.17) is 4.84 Å². The Balaban J connectivity index is 1.39. The molecule has 3 fully saturated rings. The van der Waals surface area contributed by atoms with E-state index in [9.17, 15) is 0 Å².